The van der Waals surface area contributed by atoms with Gasteiger partial charge in [-0.25, -0.2) is 0 Å². The second kappa shape index (κ2) is 16.7. The summed E-state index contributed by atoms with van der Waals surface area (Å²) in [6.45, 7) is 9.25. The number of benzene rings is 1. The van der Waals surface area contributed by atoms with E-state index in [1.54, 1.807) is 19.2 Å². The Balaban J connectivity index is 0.000000505. The normalized spacial score (nSPS) is 13.2. The minimum absolute atomic E-state index is 0.00842. The van der Waals surface area contributed by atoms with Gasteiger partial charge in [0.1, 0.15) is 0 Å². The molecule has 1 aromatic carbocycles. The molecular formula is C24H36BrN3O2. The van der Waals surface area contributed by atoms with Crippen molar-refractivity contribution in [1.82, 2.24) is 4.90 Å². The van der Waals surface area contributed by atoms with Crippen LogP contribution in [0.1, 0.15) is 62.1 Å². The van der Waals surface area contributed by atoms with E-state index in [-0.39, 0.29) is 5.91 Å². The summed E-state index contributed by atoms with van der Waals surface area (Å²) < 4.78 is 4.06. The molecule has 0 aromatic heterocycles. The molecule has 1 N–H and O–H groups in total. The molecule has 6 heteroatoms. The van der Waals surface area contributed by atoms with E-state index in [4.69, 9.17) is 5.26 Å². The average molecular weight is 478 g/mol. The van der Waals surface area contributed by atoms with Gasteiger partial charge in [-0.3, -0.25) is 4.79 Å². The Morgan fingerprint density at radius 2 is 1.87 bits per heavy atom. The van der Waals surface area contributed by atoms with Crippen LogP contribution in [0.4, 0.5) is 5.69 Å². The summed E-state index contributed by atoms with van der Waals surface area (Å²) >= 11 is 2.65. The number of allylic oxidation sites excluding steroid dienone is 2. The highest BCUT2D eigenvalue weighted by atomic mass is 79.9. The number of nitriles is 1. The van der Waals surface area contributed by atoms with Gasteiger partial charge in [-0.2, -0.15) is 5.26 Å². The minimum Gasteiger partial charge on any atom is -0.377 e. The lowest BCUT2D eigenvalue weighted by molar-refractivity contribution is -0.115. The number of aryl methyl sites for hydroxylation is 2. The molecule has 0 unspecified atom stereocenters. The van der Waals surface area contributed by atoms with Crippen molar-refractivity contribution in [3.8, 4) is 6.07 Å². The predicted octanol–water partition coefficient (Wildman–Crippen LogP) is 6.42. The van der Waals surface area contributed by atoms with E-state index in [1.165, 1.54) is 32.1 Å². The molecule has 0 heterocycles. The first-order chi connectivity index (χ1) is 14.3. The number of hydrogen-bond donors (Lipinski definition) is 1. The van der Waals surface area contributed by atoms with Crippen molar-refractivity contribution in [1.29, 1.82) is 5.26 Å². The average Bonchev–Trinajstić information content (AvgIpc) is 2.75. The third-order valence-electron chi connectivity index (χ3n) is 4.86. The number of rotatable bonds is 5. The summed E-state index contributed by atoms with van der Waals surface area (Å²) in [7, 11) is 3.70. The Morgan fingerprint density at radius 3 is 2.30 bits per heavy atom. The standard InChI is InChI=1S/C12H14N2O.C11H19N.CH3BrO/c1-4-11(15)14-12-8(2)5-10(7-13)6-9(12)3;1-3-4-10-12(2)11-8-6-5-7-9-11;1-3-2/h5-6H,4H2,1-3H3,(H,14,15);3-4,10-11H,1,5-9H2,2H3;1H3/b;10-4-;. The van der Waals surface area contributed by atoms with Crippen LogP contribution >= 0.6 is 16.3 Å². The molecule has 1 saturated carbocycles. The molecule has 0 radical (unpaired) electrons. The molecule has 166 valence electrons. The van der Waals surface area contributed by atoms with Crippen LogP contribution in [0.2, 0.25) is 0 Å². The third-order valence-corrected chi connectivity index (χ3v) is 4.86. The summed E-state index contributed by atoms with van der Waals surface area (Å²) in [5.41, 5.74) is 3.29. The highest BCUT2D eigenvalue weighted by Gasteiger charge is 2.14. The summed E-state index contributed by atoms with van der Waals surface area (Å²) in [6, 6.07) is 6.42. The van der Waals surface area contributed by atoms with E-state index in [9.17, 15) is 4.79 Å². The van der Waals surface area contributed by atoms with Crippen LogP contribution in [0, 0.1) is 25.2 Å². The Labute approximate surface area is 191 Å². The largest absolute Gasteiger partial charge is 0.377 e. The molecule has 0 bridgehead atoms. The van der Waals surface area contributed by atoms with E-state index in [1.807, 2.05) is 32.9 Å². The van der Waals surface area contributed by atoms with Gasteiger partial charge in [0.25, 0.3) is 0 Å². The lowest BCUT2D eigenvalue weighted by Crippen LogP contribution is -2.28. The lowest BCUT2D eigenvalue weighted by atomic mass is 9.95. The molecule has 30 heavy (non-hydrogen) atoms. The van der Waals surface area contributed by atoms with Crippen molar-refractivity contribution in [3.63, 3.8) is 0 Å². The number of amides is 1. The zero-order valence-electron chi connectivity index (χ0n) is 19.0. The highest BCUT2D eigenvalue weighted by Crippen LogP contribution is 2.22. The first-order valence-electron chi connectivity index (χ1n) is 10.3. The molecular weight excluding hydrogens is 442 g/mol. The molecule has 1 fully saturated rings. The quantitative estimate of drug-likeness (QED) is 0.496. The maximum Gasteiger partial charge on any atom is 0.224 e. The molecule has 0 atom stereocenters. The molecule has 1 aromatic rings. The fourth-order valence-corrected chi connectivity index (χ4v) is 3.26. The van der Waals surface area contributed by atoms with Gasteiger partial charge in [0.15, 0.2) is 0 Å². The number of carbonyl (C=O) groups excluding carboxylic acids is 1. The summed E-state index contributed by atoms with van der Waals surface area (Å²) in [6.07, 6.45) is 13.4. The second-order valence-corrected chi connectivity index (χ2v) is 7.83. The van der Waals surface area contributed by atoms with E-state index < -0.39 is 0 Å². The maximum atomic E-state index is 11.3. The van der Waals surface area contributed by atoms with Crippen molar-refractivity contribution >= 4 is 27.9 Å². The number of anilines is 1. The number of nitrogens with one attached hydrogen (secondary N) is 1. The number of nitrogens with zero attached hydrogens (tertiary/aromatic N) is 2. The number of carbonyl (C=O) groups is 1. The fraction of sp³-hybridized carbons (Fsp3) is 0.500. The molecule has 1 aliphatic rings. The van der Waals surface area contributed by atoms with Gasteiger partial charge in [0, 0.05) is 25.2 Å². The summed E-state index contributed by atoms with van der Waals surface area (Å²) in [5.74, 6) is -0.00842. The molecule has 1 amide bonds. The Hall–Kier alpha value is -2.10. The highest BCUT2D eigenvalue weighted by molar-refractivity contribution is 9.06. The van der Waals surface area contributed by atoms with Gasteiger partial charge in [0.2, 0.25) is 5.91 Å². The Kier molecular flexibility index (Phi) is 15.5. The van der Waals surface area contributed by atoms with Gasteiger partial charge in [-0.1, -0.05) is 38.8 Å². The molecule has 0 aliphatic heterocycles. The van der Waals surface area contributed by atoms with Gasteiger partial charge in [-0.05, 0) is 62.2 Å². The van der Waals surface area contributed by atoms with Gasteiger partial charge >= 0.3 is 0 Å². The maximum absolute atomic E-state index is 11.3. The van der Waals surface area contributed by atoms with E-state index in [2.05, 4.69) is 56.2 Å². The molecule has 0 spiro atoms. The number of halogens is 1. The smallest absolute Gasteiger partial charge is 0.224 e. The monoisotopic (exact) mass is 477 g/mol. The molecule has 2 rings (SSSR count). The van der Waals surface area contributed by atoms with Gasteiger partial charge in [-0.15, -0.1) is 0 Å². The minimum atomic E-state index is -0.00842. The summed E-state index contributed by atoms with van der Waals surface area (Å²) in [5, 5.41) is 11.6. The van der Waals surface area contributed by atoms with E-state index >= 15 is 0 Å². The Bertz CT molecular complexity index is 697. The first kappa shape index (κ1) is 27.9. The molecule has 1 aliphatic carbocycles. The van der Waals surface area contributed by atoms with Gasteiger partial charge < -0.3 is 14.0 Å². The van der Waals surface area contributed by atoms with Crippen molar-refractivity contribution < 1.29 is 8.62 Å². The van der Waals surface area contributed by atoms with Crippen LogP contribution in [0.3, 0.4) is 0 Å². The predicted molar refractivity (Wildman–Crippen MR) is 129 cm³/mol. The van der Waals surface area contributed by atoms with E-state index in [0.717, 1.165) is 22.9 Å². The second-order valence-electron chi connectivity index (χ2n) is 7.19. The Morgan fingerprint density at radius 1 is 1.33 bits per heavy atom. The van der Waals surface area contributed by atoms with Crippen molar-refractivity contribution in [3.05, 3.63) is 53.8 Å². The van der Waals surface area contributed by atoms with Crippen molar-refractivity contribution in [2.24, 2.45) is 0 Å². The zero-order chi connectivity index (χ0) is 22.9. The van der Waals surface area contributed by atoms with Crippen LogP contribution in [0.15, 0.2) is 37.1 Å². The van der Waals surface area contributed by atoms with Crippen molar-refractivity contribution in [2.75, 3.05) is 19.5 Å². The van der Waals surface area contributed by atoms with Crippen LogP contribution in [-0.2, 0) is 8.62 Å². The number of hydrogen-bond acceptors (Lipinski definition) is 4. The van der Waals surface area contributed by atoms with Crippen molar-refractivity contribution in [2.45, 2.75) is 65.3 Å². The first-order valence-corrected chi connectivity index (χ1v) is 11.0. The fourth-order valence-electron chi connectivity index (χ4n) is 3.26. The van der Waals surface area contributed by atoms with Crippen LogP contribution in [0.5, 0.6) is 0 Å². The zero-order valence-corrected chi connectivity index (χ0v) is 20.6. The molecule has 5 nitrogen and oxygen atoms in total. The molecule has 0 saturated heterocycles. The van der Waals surface area contributed by atoms with Crippen LogP contribution in [-0.4, -0.2) is 31.0 Å². The lowest BCUT2D eigenvalue weighted by Gasteiger charge is -2.30. The third kappa shape index (κ3) is 11.2. The van der Waals surface area contributed by atoms with Gasteiger partial charge in [0.05, 0.1) is 35.0 Å². The van der Waals surface area contributed by atoms with Crippen LogP contribution in [0.25, 0.3) is 0 Å². The van der Waals surface area contributed by atoms with E-state index in [0.29, 0.717) is 12.0 Å². The van der Waals surface area contributed by atoms with Crippen LogP contribution < -0.4 is 5.32 Å². The summed E-state index contributed by atoms with van der Waals surface area (Å²) in [4.78, 5) is 13.6. The topological polar surface area (TPSA) is 65.4 Å². The SMILES string of the molecule is C=C/C=C\N(C)C1CCCCC1.CCC(=O)Nc1c(C)cc(C#N)cc1C.COBr.